The highest BCUT2D eigenvalue weighted by atomic mass is 35.5. The molecule has 1 heterocycles. The van der Waals surface area contributed by atoms with Gasteiger partial charge in [-0.3, -0.25) is 19.6 Å². The van der Waals surface area contributed by atoms with Gasteiger partial charge in [0.2, 0.25) is 0 Å². The molecule has 36 heavy (non-hydrogen) atoms. The largest absolute Gasteiger partial charge is 0.489 e. The highest BCUT2D eigenvalue weighted by Crippen LogP contribution is 2.26. The molecule has 0 unspecified atom stereocenters. The van der Waals surface area contributed by atoms with E-state index in [1.165, 1.54) is 12.1 Å². The Bertz CT molecular complexity index is 1460. The van der Waals surface area contributed by atoms with Crippen molar-refractivity contribution in [2.24, 2.45) is 0 Å². The number of ether oxygens (including phenoxy) is 1. The van der Waals surface area contributed by atoms with Crippen molar-refractivity contribution in [2.45, 2.75) is 20.1 Å². The molecule has 4 rings (SSSR count). The Morgan fingerprint density at radius 1 is 1.03 bits per heavy atom. The third-order valence-corrected chi connectivity index (χ3v) is 6.25. The van der Waals surface area contributed by atoms with Crippen LogP contribution in [0.3, 0.4) is 0 Å². The van der Waals surface area contributed by atoms with Crippen LogP contribution in [0.5, 0.6) is 5.75 Å². The molecule has 8 nitrogen and oxygen atoms in total. The average molecular weight is 546 g/mol. The van der Waals surface area contributed by atoms with Crippen molar-refractivity contribution >= 4 is 52.2 Å². The summed E-state index contributed by atoms with van der Waals surface area (Å²) in [4.78, 5) is 23.4. The number of nitro groups is 1. The first-order chi connectivity index (χ1) is 17.2. The summed E-state index contributed by atoms with van der Waals surface area (Å²) in [5.41, 5.74) is 2.54. The zero-order chi connectivity index (χ0) is 25.8. The van der Waals surface area contributed by atoms with Crippen LogP contribution in [-0.2, 0) is 13.2 Å². The summed E-state index contributed by atoms with van der Waals surface area (Å²) < 4.78 is 7.34. The van der Waals surface area contributed by atoms with Crippen LogP contribution in [0.2, 0.25) is 15.1 Å². The first kappa shape index (κ1) is 25.5. The second-order valence-electron chi connectivity index (χ2n) is 7.92. The zero-order valence-electron chi connectivity index (χ0n) is 18.9. The molecule has 0 aliphatic carbocycles. The van der Waals surface area contributed by atoms with E-state index in [2.05, 4.69) is 10.4 Å². The van der Waals surface area contributed by atoms with Gasteiger partial charge in [-0.1, -0.05) is 53.0 Å². The fourth-order valence-corrected chi connectivity index (χ4v) is 3.98. The van der Waals surface area contributed by atoms with Crippen LogP contribution in [0.1, 0.15) is 27.0 Å². The molecular formula is C25H19Cl3N4O4. The van der Waals surface area contributed by atoms with Crippen LogP contribution in [-0.4, -0.2) is 20.6 Å². The van der Waals surface area contributed by atoms with Gasteiger partial charge in [-0.05, 0) is 54.4 Å². The molecule has 1 N–H and O–H groups in total. The lowest BCUT2D eigenvalue weighted by molar-refractivity contribution is -0.385. The van der Waals surface area contributed by atoms with E-state index in [-0.39, 0.29) is 29.0 Å². The van der Waals surface area contributed by atoms with E-state index in [0.29, 0.717) is 33.5 Å². The molecule has 0 saturated carbocycles. The van der Waals surface area contributed by atoms with E-state index >= 15 is 0 Å². The molecule has 11 heteroatoms. The SMILES string of the molecule is Cc1cc(OCc2cccc(C(=O)Nc3nn(Cc4ccc(Cl)c(Cl)c4)cc3Cl)c2)ccc1[N+](=O)[O-]. The molecule has 0 aliphatic rings. The van der Waals surface area contributed by atoms with E-state index in [4.69, 9.17) is 39.5 Å². The topological polar surface area (TPSA) is 99.3 Å². The fraction of sp³-hybridized carbons (Fsp3) is 0.120. The lowest BCUT2D eigenvalue weighted by Crippen LogP contribution is -2.13. The third-order valence-electron chi connectivity index (χ3n) is 5.24. The summed E-state index contributed by atoms with van der Waals surface area (Å²) in [5, 5.41) is 19.2. The molecule has 0 saturated heterocycles. The molecule has 0 fully saturated rings. The monoisotopic (exact) mass is 544 g/mol. The summed E-state index contributed by atoms with van der Waals surface area (Å²) in [6.07, 6.45) is 1.61. The highest BCUT2D eigenvalue weighted by Gasteiger charge is 2.14. The number of benzene rings is 3. The Hall–Kier alpha value is -3.59. The van der Waals surface area contributed by atoms with Gasteiger partial charge < -0.3 is 10.1 Å². The number of halogens is 3. The van der Waals surface area contributed by atoms with Crippen molar-refractivity contribution in [3.05, 3.63) is 114 Å². The number of anilines is 1. The van der Waals surface area contributed by atoms with Gasteiger partial charge in [0.25, 0.3) is 11.6 Å². The lowest BCUT2D eigenvalue weighted by Gasteiger charge is -2.09. The van der Waals surface area contributed by atoms with E-state index < -0.39 is 4.92 Å². The number of amides is 1. The minimum atomic E-state index is -0.441. The molecule has 0 bridgehead atoms. The van der Waals surface area contributed by atoms with Crippen LogP contribution in [0, 0.1) is 17.0 Å². The predicted octanol–water partition coefficient (Wildman–Crippen LogP) is 6.94. The molecular weight excluding hydrogens is 527 g/mol. The summed E-state index contributed by atoms with van der Waals surface area (Å²) in [6.45, 7) is 2.21. The van der Waals surface area contributed by atoms with Gasteiger partial charge in [-0.2, -0.15) is 5.10 Å². The molecule has 0 aliphatic heterocycles. The first-order valence-corrected chi connectivity index (χ1v) is 11.8. The average Bonchev–Trinajstić information content (AvgIpc) is 3.18. The van der Waals surface area contributed by atoms with Crippen LogP contribution in [0.4, 0.5) is 11.5 Å². The van der Waals surface area contributed by atoms with Crippen LogP contribution in [0.25, 0.3) is 0 Å². The Morgan fingerprint density at radius 3 is 2.56 bits per heavy atom. The smallest absolute Gasteiger partial charge is 0.272 e. The number of nitrogens with one attached hydrogen (secondary N) is 1. The van der Waals surface area contributed by atoms with Crippen molar-refractivity contribution < 1.29 is 14.5 Å². The molecule has 184 valence electrons. The van der Waals surface area contributed by atoms with Crippen LogP contribution in [0.15, 0.2) is 66.9 Å². The van der Waals surface area contributed by atoms with Gasteiger partial charge in [0.05, 0.1) is 21.5 Å². The third kappa shape index (κ3) is 6.15. The molecule has 0 atom stereocenters. The van der Waals surface area contributed by atoms with Crippen LogP contribution < -0.4 is 10.1 Å². The maximum Gasteiger partial charge on any atom is 0.272 e. The quantitative estimate of drug-likeness (QED) is 0.191. The maximum absolute atomic E-state index is 12.8. The number of carbonyl (C=O) groups excluding carboxylic acids is 1. The van der Waals surface area contributed by atoms with Crippen molar-refractivity contribution in [3.8, 4) is 5.75 Å². The minimum absolute atomic E-state index is 0.0269. The molecule has 4 aromatic rings. The number of rotatable bonds is 8. The maximum atomic E-state index is 12.8. The molecule has 0 radical (unpaired) electrons. The highest BCUT2D eigenvalue weighted by molar-refractivity contribution is 6.42. The van der Waals surface area contributed by atoms with E-state index in [1.54, 1.807) is 54.2 Å². The van der Waals surface area contributed by atoms with E-state index in [9.17, 15) is 14.9 Å². The van der Waals surface area contributed by atoms with Gasteiger partial charge in [-0.25, -0.2) is 0 Å². The van der Waals surface area contributed by atoms with Crippen LogP contribution >= 0.6 is 34.8 Å². The van der Waals surface area contributed by atoms with Crippen molar-refractivity contribution in [3.63, 3.8) is 0 Å². The van der Waals surface area contributed by atoms with Gasteiger partial charge in [0.15, 0.2) is 5.82 Å². The second kappa shape index (κ2) is 11.0. The predicted molar refractivity (Wildman–Crippen MR) is 139 cm³/mol. The summed E-state index contributed by atoms with van der Waals surface area (Å²) in [7, 11) is 0. The van der Waals surface area contributed by atoms with Gasteiger partial charge in [0, 0.05) is 23.4 Å². The second-order valence-corrected chi connectivity index (χ2v) is 9.14. The Kier molecular flexibility index (Phi) is 7.79. The number of nitrogens with zero attached hydrogens (tertiary/aromatic N) is 3. The fourth-order valence-electron chi connectivity index (χ4n) is 3.46. The first-order valence-electron chi connectivity index (χ1n) is 10.6. The van der Waals surface area contributed by atoms with Gasteiger partial charge in [0.1, 0.15) is 17.4 Å². The number of aryl methyl sites for hydroxylation is 1. The Morgan fingerprint density at radius 2 is 1.83 bits per heavy atom. The van der Waals surface area contributed by atoms with Crippen molar-refractivity contribution in [1.82, 2.24) is 9.78 Å². The summed E-state index contributed by atoms with van der Waals surface area (Å²) >= 11 is 18.3. The summed E-state index contributed by atoms with van der Waals surface area (Å²) in [6, 6.07) is 16.7. The standard InChI is InChI=1S/C25H19Cl3N4O4/c1-15-9-19(6-8-23(15)32(34)35)36-14-17-3-2-4-18(10-17)25(33)29-24-22(28)13-31(30-24)12-16-5-7-20(26)21(27)11-16/h2-11,13H,12,14H2,1H3,(H,29,30,33). The Balaban J connectivity index is 1.40. The van der Waals surface area contributed by atoms with Gasteiger partial charge in [-0.15, -0.1) is 0 Å². The molecule has 1 aromatic heterocycles. The molecule has 3 aromatic carbocycles. The lowest BCUT2D eigenvalue weighted by atomic mass is 10.1. The number of nitro benzene ring substituents is 1. The number of aromatic nitrogens is 2. The van der Waals surface area contributed by atoms with E-state index in [0.717, 1.165) is 11.1 Å². The van der Waals surface area contributed by atoms with E-state index in [1.807, 2.05) is 12.1 Å². The Labute approximate surface area is 221 Å². The minimum Gasteiger partial charge on any atom is -0.489 e. The van der Waals surface area contributed by atoms with Gasteiger partial charge >= 0.3 is 0 Å². The van der Waals surface area contributed by atoms with Crippen molar-refractivity contribution in [1.29, 1.82) is 0 Å². The van der Waals surface area contributed by atoms with Crippen molar-refractivity contribution in [2.75, 3.05) is 5.32 Å². The summed E-state index contributed by atoms with van der Waals surface area (Å²) in [5.74, 6) is 0.335. The number of carbonyl (C=O) groups is 1. The number of hydrogen-bond acceptors (Lipinski definition) is 5. The zero-order valence-corrected chi connectivity index (χ0v) is 21.1. The molecule has 1 amide bonds. The normalized spacial score (nSPS) is 10.8. The number of hydrogen-bond donors (Lipinski definition) is 1. The molecule has 0 spiro atoms.